The standard InChI is InChI=1S/C25H21N3O2/c1-16-6-2-4-8-20(16)25-28-27-24(30-25)19-12-10-18(11-13-19)23(29)26-22-15-14-17-7-3-5-9-21(17)22/h2-13,22H,14-15H2,1H3,(H,26,29). The Morgan fingerprint density at radius 3 is 2.50 bits per heavy atom. The van der Waals surface area contributed by atoms with Crippen molar-refractivity contribution in [2.75, 3.05) is 0 Å². The minimum absolute atomic E-state index is 0.0704. The van der Waals surface area contributed by atoms with E-state index in [2.05, 4.69) is 27.6 Å². The van der Waals surface area contributed by atoms with Crippen LogP contribution in [0, 0.1) is 6.92 Å². The summed E-state index contributed by atoms with van der Waals surface area (Å²) in [6, 6.07) is 23.5. The second-order valence-corrected chi connectivity index (χ2v) is 7.57. The van der Waals surface area contributed by atoms with Gasteiger partial charge in [0.1, 0.15) is 0 Å². The van der Waals surface area contributed by atoms with E-state index in [0.29, 0.717) is 17.3 Å². The van der Waals surface area contributed by atoms with Crippen molar-refractivity contribution in [2.45, 2.75) is 25.8 Å². The van der Waals surface area contributed by atoms with Crippen LogP contribution >= 0.6 is 0 Å². The number of fused-ring (bicyclic) bond motifs is 1. The first kappa shape index (κ1) is 18.3. The Morgan fingerprint density at radius 2 is 1.67 bits per heavy atom. The normalized spacial score (nSPS) is 15.0. The van der Waals surface area contributed by atoms with Crippen molar-refractivity contribution in [1.82, 2.24) is 15.5 Å². The molecule has 1 unspecified atom stereocenters. The van der Waals surface area contributed by atoms with Crippen LogP contribution in [0.1, 0.15) is 39.5 Å². The van der Waals surface area contributed by atoms with Crippen molar-refractivity contribution in [3.05, 3.63) is 95.1 Å². The zero-order valence-electron chi connectivity index (χ0n) is 16.6. The number of rotatable bonds is 4. The molecular formula is C25H21N3O2. The summed E-state index contributed by atoms with van der Waals surface area (Å²) in [5, 5.41) is 11.5. The lowest BCUT2D eigenvalue weighted by Crippen LogP contribution is -2.27. The summed E-state index contributed by atoms with van der Waals surface area (Å²) in [5.74, 6) is 0.851. The third-order valence-corrected chi connectivity index (χ3v) is 5.63. The van der Waals surface area contributed by atoms with Crippen LogP contribution in [0.15, 0.2) is 77.2 Å². The molecular weight excluding hydrogens is 374 g/mol. The molecule has 0 saturated heterocycles. The molecule has 1 atom stereocenters. The number of hydrogen-bond donors (Lipinski definition) is 1. The van der Waals surface area contributed by atoms with Gasteiger partial charge in [-0.1, -0.05) is 42.5 Å². The van der Waals surface area contributed by atoms with Crippen LogP contribution < -0.4 is 5.32 Å². The van der Waals surface area contributed by atoms with E-state index in [4.69, 9.17) is 4.42 Å². The summed E-state index contributed by atoms with van der Waals surface area (Å²) < 4.78 is 5.86. The third-order valence-electron chi connectivity index (χ3n) is 5.63. The number of nitrogens with zero attached hydrogens (tertiary/aromatic N) is 2. The monoisotopic (exact) mass is 395 g/mol. The Morgan fingerprint density at radius 1 is 0.933 bits per heavy atom. The lowest BCUT2D eigenvalue weighted by Gasteiger charge is -2.14. The molecule has 5 heteroatoms. The SMILES string of the molecule is Cc1ccccc1-c1nnc(-c2ccc(C(=O)NC3CCc4ccccc43)cc2)o1. The molecule has 1 aliphatic carbocycles. The van der Waals surface area contributed by atoms with Crippen molar-refractivity contribution in [3.63, 3.8) is 0 Å². The number of nitrogens with one attached hydrogen (secondary N) is 1. The lowest BCUT2D eigenvalue weighted by atomic mass is 10.1. The molecule has 148 valence electrons. The van der Waals surface area contributed by atoms with Gasteiger partial charge in [0.25, 0.3) is 5.91 Å². The van der Waals surface area contributed by atoms with Gasteiger partial charge in [0.05, 0.1) is 6.04 Å². The van der Waals surface area contributed by atoms with Gasteiger partial charge in [-0.15, -0.1) is 10.2 Å². The summed E-state index contributed by atoms with van der Waals surface area (Å²) in [5.41, 5.74) is 5.93. The fourth-order valence-corrected chi connectivity index (χ4v) is 3.97. The maximum absolute atomic E-state index is 12.7. The Kier molecular flexibility index (Phi) is 4.64. The van der Waals surface area contributed by atoms with Crippen molar-refractivity contribution in [1.29, 1.82) is 0 Å². The number of carbonyl (C=O) groups excluding carboxylic acids is 1. The average Bonchev–Trinajstić information content (AvgIpc) is 3.42. The zero-order chi connectivity index (χ0) is 20.5. The van der Waals surface area contributed by atoms with Crippen molar-refractivity contribution < 1.29 is 9.21 Å². The van der Waals surface area contributed by atoms with E-state index in [9.17, 15) is 4.79 Å². The number of amides is 1. The Labute approximate surface area is 174 Å². The van der Waals surface area contributed by atoms with Gasteiger partial charge in [-0.3, -0.25) is 4.79 Å². The van der Waals surface area contributed by atoms with Gasteiger partial charge in [0.2, 0.25) is 11.8 Å². The fraction of sp³-hybridized carbons (Fsp3) is 0.160. The van der Waals surface area contributed by atoms with E-state index in [1.54, 1.807) is 12.1 Å². The molecule has 5 rings (SSSR count). The fourth-order valence-electron chi connectivity index (χ4n) is 3.97. The number of aromatic nitrogens is 2. The number of benzene rings is 3. The molecule has 1 heterocycles. The second-order valence-electron chi connectivity index (χ2n) is 7.57. The molecule has 0 bridgehead atoms. The van der Waals surface area contributed by atoms with Gasteiger partial charge in [-0.05, 0) is 66.8 Å². The highest BCUT2D eigenvalue weighted by molar-refractivity contribution is 5.95. The smallest absolute Gasteiger partial charge is 0.251 e. The van der Waals surface area contributed by atoms with Gasteiger partial charge in [0.15, 0.2) is 0 Å². The molecule has 5 nitrogen and oxygen atoms in total. The molecule has 1 aromatic heterocycles. The Hall–Kier alpha value is -3.73. The van der Waals surface area contributed by atoms with Crippen LogP contribution in [0.4, 0.5) is 0 Å². The first-order valence-corrected chi connectivity index (χ1v) is 10.1. The van der Waals surface area contributed by atoms with E-state index >= 15 is 0 Å². The molecule has 1 aliphatic rings. The lowest BCUT2D eigenvalue weighted by molar-refractivity contribution is 0.0936. The minimum Gasteiger partial charge on any atom is -0.416 e. The van der Waals surface area contributed by atoms with Crippen molar-refractivity contribution >= 4 is 5.91 Å². The van der Waals surface area contributed by atoms with Gasteiger partial charge in [-0.2, -0.15) is 0 Å². The highest BCUT2D eigenvalue weighted by Crippen LogP contribution is 2.31. The summed E-state index contributed by atoms with van der Waals surface area (Å²) in [4.78, 5) is 12.7. The molecule has 0 saturated carbocycles. The molecule has 1 N–H and O–H groups in total. The van der Waals surface area contributed by atoms with Gasteiger partial charge < -0.3 is 9.73 Å². The average molecular weight is 395 g/mol. The maximum Gasteiger partial charge on any atom is 0.251 e. The predicted molar refractivity (Wildman–Crippen MR) is 115 cm³/mol. The first-order chi connectivity index (χ1) is 14.7. The minimum atomic E-state index is -0.0746. The Balaban J connectivity index is 1.32. The molecule has 1 amide bonds. The summed E-state index contributed by atoms with van der Waals surface area (Å²) >= 11 is 0. The van der Waals surface area contributed by atoms with E-state index in [0.717, 1.165) is 29.5 Å². The zero-order valence-corrected chi connectivity index (χ0v) is 16.6. The van der Waals surface area contributed by atoms with Gasteiger partial charge in [0, 0.05) is 16.7 Å². The molecule has 4 aromatic rings. The van der Waals surface area contributed by atoms with Crippen LogP contribution in [0.2, 0.25) is 0 Å². The highest BCUT2D eigenvalue weighted by Gasteiger charge is 2.23. The molecule has 0 radical (unpaired) electrons. The summed E-state index contributed by atoms with van der Waals surface area (Å²) in [7, 11) is 0. The maximum atomic E-state index is 12.7. The molecule has 0 fully saturated rings. The van der Waals surface area contributed by atoms with Crippen LogP contribution in [-0.2, 0) is 6.42 Å². The molecule has 0 spiro atoms. The third kappa shape index (κ3) is 3.39. The van der Waals surface area contributed by atoms with Crippen LogP contribution in [-0.4, -0.2) is 16.1 Å². The van der Waals surface area contributed by atoms with Crippen LogP contribution in [0.3, 0.4) is 0 Å². The summed E-state index contributed by atoms with van der Waals surface area (Å²) in [6.45, 7) is 2.01. The molecule has 3 aromatic carbocycles. The number of hydrogen-bond acceptors (Lipinski definition) is 4. The van der Waals surface area contributed by atoms with E-state index in [1.165, 1.54) is 11.1 Å². The highest BCUT2D eigenvalue weighted by atomic mass is 16.4. The van der Waals surface area contributed by atoms with Gasteiger partial charge >= 0.3 is 0 Å². The predicted octanol–water partition coefficient (Wildman–Crippen LogP) is 5.13. The second kappa shape index (κ2) is 7.59. The quantitative estimate of drug-likeness (QED) is 0.520. The van der Waals surface area contributed by atoms with E-state index in [-0.39, 0.29) is 11.9 Å². The van der Waals surface area contributed by atoms with Crippen LogP contribution in [0.5, 0.6) is 0 Å². The van der Waals surface area contributed by atoms with Crippen molar-refractivity contribution in [3.8, 4) is 22.9 Å². The topological polar surface area (TPSA) is 68.0 Å². The Bertz CT molecular complexity index is 1210. The van der Waals surface area contributed by atoms with E-state index in [1.807, 2.05) is 55.5 Å². The largest absolute Gasteiger partial charge is 0.416 e. The van der Waals surface area contributed by atoms with Crippen molar-refractivity contribution in [2.24, 2.45) is 0 Å². The number of aryl methyl sites for hydroxylation is 2. The first-order valence-electron chi connectivity index (χ1n) is 10.1. The van der Waals surface area contributed by atoms with Gasteiger partial charge in [-0.25, -0.2) is 0 Å². The van der Waals surface area contributed by atoms with E-state index < -0.39 is 0 Å². The van der Waals surface area contributed by atoms with Crippen LogP contribution in [0.25, 0.3) is 22.9 Å². The molecule has 30 heavy (non-hydrogen) atoms. The molecule has 0 aliphatic heterocycles. The number of carbonyl (C=O) groups is 1. The summed E-state index contributed by atoms with van der Waals surface area (Å²) in [6.07, 6.45) is 1.94.